The Morgan fingerprint density at radius 1 is 1.47 bits per heavy atom. The van der Waals surface area contributed by atoms with Gasteiger partial charge in [0.1, 0.15) is 10.8 Å². The molecule has 0 aromatic rings. The molecule has 9 heteroatoms. The Bertz CT molecular complexity index is 571. The number of nitrogens with zero attached hydrogens (tertiary/aromatic N) is 1. The van der Waals surface area contributed by atoms with Crippen molar-refractivity contribution in [2.45, 2.75) is 47.4 Å². The molecule has 19 heavy (non-hydrogen) atoms. The molecule has 4 atom stereocenters. The lowest BCUT2D eigenvalue weighted by molar-refractivity contribution is -0.164. The van der Waals surface area contributed by atoms with Crippen molar-refractivity contribution < 1.29 is 28.2 Å². The van der Waals surface area contributed by atoms with Crippen LogP contribution in [-0.2, 0) is 19.4 Å². The van der Waals surface area contributed by atoms with Crippen LogP contribution in [0.15, 0.2) is 0 Å². The molecular formula is C10H14BrNO6S. The van der Waals surface area contributed by atoms with E-state index in [-0.39, 0.29) is 0 Å². The second-order valence-corrected chi connectivity index (χ2v) is 9.30. The van der Waals surface area contributed by atoms with Crippen molar-refractivity contribution in [2.75, 3.05) is 0 Å². The SMILES string of the molecule is C[C@@H](O)[C@]1(Br)C(=O)N2C1S(=O)(=O)C(C)(C)[C@@H]2C(=O)O. The highest BCUT2D eigenvalue weighted by Gasteiger charge is 2.79. The summed E-state index contributed by atoms with van der Waals surface area (Å²) in [5, 5.41) is 17.5. The van der Waals surface area contributed by atoms with Gasteiger partial charge in [-0.2, -0.15) is 0 Å². The molecule has 0 aromatic heterocycles. The molecule has 1 amide bonds. The van der Waals surface area contributed by atoms with Crippen LogP contribution in [0.1, 0.15) is 20.8 Å². The molecular weight excluding hydrogens is 342 g/mol. The number of hydrogen-bond donors (Lipinski definition) is 2. The number of carboxylic acids is 1. The van der Waals surface area contributed by atoms with Crippen molar-refractivity contribution in [2.24, 2.45) is 0 Å². The maximum atomic E-state index is 12.5. The third kappa shape index (κ3) is 1.38. The number of amides is 1. The molecule has 108 valence electrons. The Labute approximate surface area is 118 Å². The number of carboxylic acid groups (broad SMARTS) is 1. The fourth-order valence-corrected chi connectivity index (χ4v) is 6.28. The van der Waals surface area contributed by atoms with E-state index in [4.69, 9.17) is 0 Å². The van der Waals surface area contributed by atoms with Crippen LogP contribution in [0, 0.1) is 0 Å². The maximum Gasteiger partial charge on any atom is 0.328 e. The van der Waals surface area contributed by atoms with Gasteiger partial charge in [0.05, 0.1) is 6.10 Å². The van der Waals surface area contributed by atoms with E-state index in [1.807, 2.05) is 0 Å². The number of halogens is 1. The average Bonchev–Trinajstić information content (AvgIpc) is 2.40. The number of sulfone groups is 1. The lowest BCUT2D eigenvalue weighted by Crippen LogP contribution is -2.75. The van der Waals surface area contributed by atoms with E-state index in [0.29, 0.717) is 0 Å². The average molecular weight is 356 g/mol. The summed E-state index contributed by atoms with van der Waals surface area (Å²) >= 11 is 3.00. The zero-order valence-corrected chi connectivity index (χ0v) is 12.9. The van der Waals surface area contributed by atoms with E-state index in [1.54, 1.807) is 0 Å². The van der Waals surface area contributed by atoms with Gasteiger partial charge in [-0.25, -0.2) is 13.2 Å². The molecule has 0 bridgehead atoms. The van der Waals surface area contributed by atoms with E-state index in [0.717, 1.165) is 4.90 Å². The monoisotopic (exact) mass is 355 g/mol. The first-order valence-electron chi connectivity index (χ1n) is 5.57. The summed E-state index contributed by atoms with van der Waals surface area (Å²) < 4.78 is 21.6. The number of hydrogen-bond acceptors (Lipinski definition) is 5. The number of rotatable bonds is 2. The number of aliphatic hydroxyl groups excluding tert-OH is 1. The van der Waals surface area contributed by atoms with Gasteiger partial charge in [0.25, 0.3) is 0 Å². The molecule has 2 saturated heterocycles. The topological polar surface area (TPSA) is 112 Å². The zero-order chi connectivity index (χ0) is 15.0. The van der Waals surface area contributed by atoms with Crippen molar-refractivity contribution in [1.82, 2.24) is 4.90 Å². The highest BCUT2D eigenvalue weighted by atomic mass is 79.9. The molecule has 1 unspecified atom stereocenters. The van der Waals surface area contributed by atoms with Gasteiger partial charge in [0.2, 0.25) is 5.91 Å². The Balaban J connectivity index is 2.65. The number of carbonyl (C=O) groups is 2. The predicted molar refractivity (Wildman–Crippen MR) is 68.4 cm³/mol. The largest absolute Gasteiger partial charge is 0.480 e. The lowest BCUT2D eigenvalue weighted by Gasteiger charge is -2.50. The summed E-state index contributed by atoms with van der Waals surface area (Å²) in [7, 11) is -3.93. The summed E-state index contributed by atoms with van der Waals surface area (Å²) in [6.45, 7) is 3.85. The molecule has 2 aliphatic heterocycles. The summed E-state index contributed by atoms with van der Waals surface area (Å²) in [5.41, 5.74) is 0. The van der Waals surface area contributed by atoms with Crippen LogP contribution in [0.25, 0.3) is 0 Å². The van der Waals surface area contributed by atoms with Crippen LogP contribution >= 0.6 is 15.9 Å². The van der Waals surface area contributed by atoms with E-state index in [1.165, 1.54) is 20.8 Å². The molecule has 0 spiro atoms. The van der Waals surface area contributed by atoms with Crippen LogP contribution in [0.4, 0.5) is 0 Å². The highest BCUT2D eigenvalue weighted by molar-refractivity contribution is 9.10. The second kappa shape index (κ2) is 3.70. The third-order valence-electron chi connectivity index (χ3n) is 3.98. The van der Waals surface area contributed by atoms with Crippen molar-refractivity contribution in [1.29, 1.82) is 0 Å². The van der Waals surface area contributed by atoms with Crippen molar-refractivity contribution in [3.63, 3.8) is 0 Å². The molecule has 2 fully saturated rings. The van der Waals surface area contributed by atoms with E-state index < -0.39 is 48.3 Å². The number of alkyl halides is 1. The van der Waals surface area contributed by atoms with Gasteiger partial charge >= 0.3 is 5.97 Å². The fourth-order valence-electron chi connectivity index (χ4n) is 2.75. The smallest absolute Gasteiger partial charge is 0.328 e. The number of carbonyl (C=O) groups excluding carboxylic acids is 1. The van der Waals surface area contributed by atoms with Gasteiger partial charge in [0.15, 0.2) is 19.5 Å². The van der Waals surface area contributed by atoms with Crippen molar-refractivity contribution >= 4 is 37.6 Å². The quantitative estimate of drug-likeness (QED) is 0.501. The van der Waals surface area contributed by atoms with Crippen molar-refractivity contribution in [3.05, 3.63) is 0 Å². The van der Waals surface area contributed by atoms with Crippen LogP contribution in [0.3, 0.4) is 0 Å². The Hall–Kier alpha value is -0.670. The molecule has 0 saturated carbocycles. The standard InChI is InChI=1S/C10H14BrNO6S/c1-4(13)10(11)7(16)12-5(6(14)15)9(2,3)19(17,18)8(10)12/h4-5,8,13H,1-3H3,(H,14,15)/t4-,5+,8?,10+/m1/s1. The van der Waals surface area contributed by atoms with Gasteiger partial charge in [-0.1, -0.05) is 15.9 Å². The van der Waals surface area contributed by atoms with Crippen LogP contribution in [-0.4, -0.2) is 62.0 Å². The Kier molecular flexibility index (Phi) is 2.87. The first-order valence-corrected chi connectivity index (χ1v) is 7.91. The highest BCUT2D eigenvalue weighted by Crippen LogP contribution is 2.55. The summed E-state index contributed by atoms with van der Waals surface area (Å²) in [4.78, 5) is 24.2. The van der Waals surface area contributed by atoms with E-state index in [9.17, 15) is 28.2 Å². The van der Waals surface area contributed by atoms with Crippen LogP contribution < -0.4 is 0 Å². The number of β-lactam (4-membered cyclic amide) rings is 1. The van der Waals surface area contributed by atoms with Gasteiger partial charge < -0.3 is 15.1 Å². The lowest BCUT2D eigenvalue weighted by atomic mass is 9.88. The van der Waals surface area contributed by atoms with Crippen LogP contribution in [0.5, 0.6) is 0 Å². The van der Waals surface area contributed by atoms with Gasteiger partial charge in [-0.05, 0) is 20.8 Å². The minimum atomic E-state index is -3.93. The van der Waals surface area contributed by atoms with Gasteiger partial charge in [-0.3, -0.25) is 4.79 Å². The number of aliphatic carboxylic acids is 1. The second-order valence-electron chi connectivity index (χ2n) is 5.40. The third-order valence-corrected chi connectivity index (χ3v) is 8.60. The maximum absolute atomic E-state index is 12.5. The molecule has 2 heterocycles. The van der Waals surface area contributed by atoms with Gasteiger partial charge in [0, 0.05) is 0 Å². The molecule has 0 aliphatic carbocycles. The first kappa shape index (κ1) is 14.7. The molecule has 2 N–H and O–H groups in total. The predicted octanol–water partition coefficient (Wildman–Crippen LogP) is -0.671. The molecule has 7 nitrogen and oxygen atoms in total. The normalized spacial score (nSPS) is 40.5. The number of aliphatic hydroxyl groups is 1. The first-order chi connectivity index (χ1) is 8.41. The number of fused-ring (bicyclic) bond motifs is 1. The summed E-state index contributed by atoms with van der Waals surface area (Å²) in [6, 6.07) is -1.44. The zero-order valence-electron chi connectivity index (χ0n) is 10.5. The Morgan fingerprint density at radius 3 is 2.32 bits per heavy atom. The minimum absolute atomic E-state index is 0.714. The Morgan fingerprint density at radius 2 is 1.95 bits per heavy atom. The summed E-state index contributed by atoms with van der Waals surface area (Å²) in [5.74, 6) is -2.08. The molecule has 0 radical (unpaired) electrons. The van der Waals surface area contributed by atoms with E-state index >= 15 is 0 Å². The van der Waals surface area contributed by atoms with E-state index in [2.05, 4.69) is 15.9 Å². The molecule has 2 rings (SSSR count). The molecule has 0 aromatic carbocycles. The van der Waals surface area contributed by atoms with Crippen LogP contribution in [0.2, 0.25) is 0 Å². The van der Waals surface area contributed by atoms with Crippen molar-refractivity contribution in [3.8, 4) is 0 Å². The summed E-state index contributed by atoms with van der Waals surface area (Å²) in [6.07, 6.45) is -1.25. The van der Waals surface area contributed by atoms with Gasteiger partial charge in [-0.15, -0.1) is 0 Å². The molecule has 2 aliphatic rings. The minimum Gasteiger partial charge on any atom is -0.480 e. The fraction of sp³-hybridized carbons (Fsp3) is 0.800.